The van der Waals surface area contributed by atoms with Crippen LogP contribution in [0.25, 0.3) is 0 Å². The summed E-state index contributed by atoms with van der Waals surface area (Å²) in [6.07, 6.45) is -5.66. The minimum absolute atomic E-state index is 0.191. The minimum Gasteiger partial charge on any atom is -0.352 e. The quantitative estimate of drug-likeness (QED) is 0.779. The zero-order valence-corrected chi connectivity index (χ0v) is 12.8. The molecule has 12 heteroatoms. The van der Waals surface area contributed by atoms with Crippen LogP contribution in [-0.2, 0) is 20.0 Å². The maximum absolute atomic E-state index is 12.7. The lowest BCUT2D eigenvalue weighted by atomic mass is 10.2. The van der Waals surface area contributed by atoms with Crippen LogP contribution >= 0.6 is 7.60 Å². The van der Waals surface area contributed by atoms with E-state index in [2.05, 4.69) is 4.52 Å². The van der Waals surface area contributed by atoms with Crippen molar-refractivity contribution in [2.75, 3.05) is 13.3 Å². The topological polar surface area (TPSA) is 111 Å². The molecule has 0 aliphatic carbocycles. The molecule has 1 aromatic rings. The Morgan fingerprint density at radius 2 is 2.13 bits per heavy atom. The third-order valence-corrected chi connectivity index (χ3v) is 3.80. The van der Waals surface area contributed by atoms with Gasteiger partial charge in [0.25, 0.3) is 5.56 Å². The van der Waals surface area contributed by atoms with Gasteiger partial charge >= 0.3 is 19.5 Å². The summed E-state index contributed by atoms with van der Waals surface area (Å²) in [5.74, 6) is 0. The molecule has 0 bridgehead atoms. The number of alkyl halides is 3. The monoisotopic (exact) mass is 358 g/mol. The van der Waals surface area contributed by atoms with Crippen molar-refractivity contribution in [2.45, 2.75) is 31.3 Å². The molecule has 1 saturated heterocycles. The van der Waals surface area contributed by atoms with Gasteiger partial charge in [0.2, 0.25) is 0 Å². The van der Waals surface area contributed by atoms with Crippen LogP contribution in [0.15, 0.2) is 15.8 Å². The smallest absolute Gasteiger partial charge is 0.352 e. The van der Waals surface area contributed by atoms with Gasteiger partial charge in [0, 0.05) is 12.9 Å². The minimum atomic E-state index is -4.91. The van der Waals surface area contributed by atoms with Crippen LogP contribution in [0.2, 0.25) is 0 Å². The second-order valence-electron chi connectivity index (χ2n) is 5.10. The molecule has 130 valence electrons. The Hall–Kier alpha value is -1.42. The van der Waals surface area contributed by atoms with Crippen molar-refractivity contribution in [3.05, 3.63) is 32.6 Å². The lowest BCUT2D eigenvalue weighted by Gasteiger charge is -2.17. The van der Waals surface area contributed by atoms with Crippen molar-refractivity contribution in [2.24, 2.45) is 0 Å². The molecule has 1 aliphatic rings. The van der Waals surface area contributed by atoms with Gasteiger partial charge in [0.15, 0.2) is 0 Å². The summed E-state index contributed by atoms with van der Waals surface area (Å²) in [7, 11) is -3.70. The average Bonchev–Trinajstić information content (AvgIpc) is 2.82. The van der Waals surface area contributed by atoms with Crippen LogP contribution < -0.4 is 11.2 Å². The molecule has 0 spiro atoms. The summed E-state index contributed by atoms with van der Waals surface area (Å²) in [5.41, 5.74) is -4.06. The molecule has 0 radical (unpaired) electrons. The van der Waals surface area contributed by atoms with Crippen molar-refractivity contribution in [3.8, 4) is 0 Å². The van der Waals surface area contributed by atoms with Gasteiger partial charge in [-0.25, -0.2) is 4.79 Å². The number of rotatable bonds is 4. The van der Waals surface area contributed by atoms with E-state index >= 15 is 0 Å². The van der Waals surface area contributed by atoms with E-state index in [9.17, 15) is 27.3 Å². The molecule has 0 aromatic carbocycles. The van der Waals surface area contributed by atoms with Crippen LogP contribution in [0, 0.1) is 0 Å². The SMILES string of the molecule is CP(=O)(O)OC[C@@H]1CC[C@H](n2cc(C(F)(F)F)c(=O)[nH]c2=O)O1. The fourth-order valence-corrected chi connectivity index (χ4v) is 2.58. The van der Waals surface area contributed by atoms with E-state index in [1.807, 2.05) is 0 Å². The number of aromatic amines is 1. The zero-order chi connectivity index (χ0) is 17.4. The second-order valence-corrected chi connectivity index (χ2v) is 6.96. The molecule has 0 amide bonds. The van der Waals surface area contributed by atoms with Crippen LogP contribution in [0.4, 0.5) is 13.2 Å². The average molecular weight is 358 g/mol. The van der Waals surface area contributed by atoms with Crippen LogP contribution in [0.3, 0.4) is 0 Å². The third kappa shape index (κ3) is 4.54. The number of H-pyrrole nitrogens is 1. The van der Waals surface area contributed by atoms with Crippen molar-refractivity contribution in [1.82, 2.24) is 9.55 Å². The van der Waals surface area contributed by atoms with Gasteiger partial charge in [0.05, 0.1) is 12.7 Å². The van der Waals surface area contributed by atoms with E-state index in [1.54, 1.807) is 4.98 Å². The summed E-state index contributed by atoms with van der Waals surface area (Å²) < 4.78 is 59.9. The molecular weight excluding hydrogens is 344 g/mol. The maximum Gasteiger partial charge on any atom is 0.423 e. The van der Waals surface area contributed by atoms with E-state index < -0.39 is 42.9 Å². The highest BCUT2D eigenvalue weighted by atomic mass is 31.2. The number of hydrogen-bond donors (Lipinski definition) is 2. The van der Waals surface area contributed by atoms with Gasteiger partial charge in [0.1, 0.15) is 11.8 Å². The first-order valence-corrected chi connectivity index (χ1v) is 8.53. The van der Waals surface area contributed by atoms with E-state index in [0.717, 1.165) is 6.66 Å². The van der Waals surface area contributed by atoms with Crippen molar-refractivity contribution >= 4 is 7.60 Å². The van der Waals surface area contributed by atoms with Gasteiger partial charge in [-0.15, -0.1) is 0 Å². The summed E-state index contributed by atoms with van der Waals surface area (Å²) in [4.78, 5) is 33.5. The molecule has 1 unspecified atom stereocenters. The third-order valence-electron chi connectivity index (χ3n) is 3.17. The van der Waals surface area contributed by atoms with E-state index in [-0.39, 0.29) is 13.0 Å². The van der Waals surface area contributed by atoms with Crippen molar-refractivity contribution < 1.29 is 31.9 Å². The molecule has 1 aliphatic heterocycles. The number of ether oxygens (including phenoxy) is 1. The highest BCUT2D eigenvalue weighted by molar-refractivity contribution is 7.51. The summed E-state index contributed by atoms with van der Waals surface area (Å²) in [5, 5.41) is 0. The lowest BCUT2D eigenvalue weighted by molar-refractivity contribution is -0.139. The fraction of sp³-hybridized carbons (Fsp3) is 0.636. The molecule has 8 nitrogen and oxygen atoms in total. The number of aromatic nitrogens is 2. The molecule has 2 N–H and O–H groups in total. The predicted octanol–water partition coefficient (Wildman–Crippen LogP) is 1.06. The van der Waals surface area contributed by atoms with Crippen molar-refractivity contribution in [1.29, 1.82) is 0 Å². The van der Waals surface area contributed by atoms with Crippen LogP contribution in [-0.4, -0.2) is 33.8 Å². The lowest BCUT2D eigenvalue weighted by Crippen LogP contribution is -2.36. The second kappa shape index (κ2) is 6.23. The molecule has 3 atom stereocenters. The Labute approximate surface area is 127 Å². The first-order valence-electron chi connectivity index (χ1n) is 6.50. The van der Waals surface area contributed by atoms with E-state index in [1.165, 1.54) is 0 Å². The number of halogens is 3. The van der Waals surface area contributed by atoms with Gasteiger partial charge in [-0.3, -0.25) is 18.9 Å². The van der Waals surface area contributed by atoms with Gasteiger partial charge in [-0.05, 0) is 12.8 Å². The van der Waals surface area contributed by atoms with E-state index in [4.69, 9.17) is 9.63 Å². The van der Waals surface area contributed by atoms with E-state index in [0.29, 0.717) is 17.2 Å². The Morgan fingerprint density at radius 1 is 1.48 bits per heavy atom. The molecule has 1 fully saturated rings. The van der Waals surface area contributed by atoms with Crippen LogP contribution in [0.5, 0.6) is 0 Å². The Kier molecular flexibility index (Phi) is 4.86. The molecule has 0 saturated carbocycles. The molecule has 23 heavy (non-hydrogen) atoms. The van der Waals surface area contributed by atoms with Crippen LogP contribution in [0.1, 0.15) is 24.6 Å². The highest BCUT2D eigenvalue weighted by Crippen LogP contribution is 2.38. The molecule has 2 rings (SSSR count). The first-order chi connectivity index (χ1) is 10.5. The Morgan fingerprint density at radius 3 is 2.70 bits per heavy atom. The summed E-state index contributed by atoms with van der Waals surface area (Å²) >= 11 is 0. The highest BCUT2D eigenvalue weighted by Gasteiger charge is 2.36. The van der Waals surface area contributed by atoms with Crippen molar-refractivity contribution in [3.63, 3.8) is 0 Å². The largest absolute Gasteiger partial charge is 0.423 e. The first kappa shape index (κ1) is 17.9. The van der Waals surface area contributed by atoms with Gasteiger partial charge in [-0.2, -0.15) is 13.2 Å². The fourth-order valence-electron chi connectivity index (χ4n) is 2.14. The number of nitrogens with zero attached hydrogens (tertiary/aromatic N) is 1. The summed E-state index contributed by atoms with van der Waals surface area (Å²) in [6, 6.07) is 0. The zero-order valence-electron chi connectivity index (χ0n) is 11.9. The summed E-state index contributed by atoms with van der Waals surface area (Å²) in [6.45, 7) is 0.756. The number of nitrogens with one attached hydrogen (secondary N) is 1. The molecular formula is C11H14F3N2O6P. The predicted molar refractivity (Wildman–Crippen MR) is 71.2 cm³/mol. The Balaban J connectivity index is 2.19. The van der Waals surface area contributed by atoms with Gasteiger partial charge in [-0.1, -0.05) is 0 Å². The Bertz CT molecular complexity index is 737. The normalized spacial score (nSPS) is 24.6. The number of hydrogen-bond acceptors (Lipinski definition) is 5. The maximum atomic E-state index is 12.7. The standard InChI is InChI=1S/C11H14F3N2O6P/c1-23(19,20)21-5-6-2-3-8(22-6)16-4-7(11(12,13)14)9(17)15-10(16)18/h4,6,8H,2-3,5H2,1H3,(H,19,20)(H,15,17,18)/t6-,8+/m0/s1. The molecule has 2 heterocycles. The van der Waals surface area contributed by atoms with Gasteiger partial charge < -0.3 is 14.2 Å². The molecule has 1 aromatic heterocycles.